The number of piperidine rings is 1. The molecule has 0 atom stereocenters. The predicted octanol–water partition coefficient (Wildman–Crippen LogP) is 2.11. The Morgan fingerprint density at radius 2 is 1.82 bits per heavy atom. The maximum absolute atomic E-state index is 12.8. The number of nitrogens with zero attached hydrogens (tertiary/aromatic N) is 2. The number of rotatable bonds is 8. The molecule has 1 aliphatic rings. The van der Waals surface area contributed by atoms with Crippen molar-refractivity contribution in [1.82, 2.24) is 4.31 Å². The minimum absolute atomic E-state index is 0.0954. The third kappa shape index (κ3) is 5.53. The molecular formula is C19H24N2O6S. The average Bonchev–Trinajstić information content (AvgIpc) is 2.71. The summed E-state index contributed by atoms with van der Waals surface area (Å²) in [5.74, 6) is -1.17. The third-order valence-corrected chi connectivity index (χ3v) is 6.38. The molecule has 1 fully saturated rings. The van der Waals surface area contributed by atoms with Gasteiger partial charge in [-0.25, -0.2) is 13.2 Å². The van der Waals surface area contributed by atoms with Crippen LogP contribution >= 0.6 is 0 Å². The Morgan fingerprint density at radius 3 is 2.39 bits per heavy atom. The Kier molecular flexibility index (Phi) is 7.96. The van der Waals surface area contributed by atoms with Gasteiger partial charge >= 0.3 is 11.9 Å². The Morgan fingerprint density at radius 1 is 1.18 bits per heavy atom. The molecule has 1 aliphatic heterocycles. The predicted molar refractivity (Wildman–Crippen MR) is 99.7 cm³/mol. The van der Waals surface area contributed by atoms with Gasteiger partial charge in [-0.05, 0) is 50.5 Å². The summed E-state index contributed by atoms with van der Waals surface area (Å²) < 4.78 is 36.9. The van der Waals surface area contributed by atoms with Crippen molar-refractivity contribution in [3.05, 3.63) is 29.8 Å². The van der Waals surface area contributed by atoms with E-state index in [0.29, 0.717) is 31.2 Å². The van der Waals surface area contributed by atoms with E-state index in [1.807, 2.05) is 6.07 Å². The van der Waals surface area contributed by atoms with E-state index in [-0.39, 0.29) is 43.1 Å². The smallest absolute Gasteiger partial charge is 0.338 e. The van der Waals surface area contributed by atoms with Crippen LogP contribution in [0.1, 0.15) is 43.0 Å². The van der Waals surface area contributed by atoms with Crippen molar-refractivity contribution < 1.29 is 27.5 Å². The van der Waals surface area contributed by atoms with Crippen molar-refractivity contribution in [3.8, 4) is 6.07 Å². The number of benzene rings is 1. The van der Waals surface area contributed by atoms with Crippen molar-refractivity contribution in [1.29, 1.82) is 5.26 Å². The Hall–Kier alpha value is -2.44. The standard InChI is InChI=1S/C19H24N2O6S/c1-2-26-18(22)15-5-7-17(8-6-15)28(24,25)21-12-9-16(10-13-21)19(23)27-14-4-3-11-20/h5-8,16H,2-4,9-10,12-14H2,1H3. The van der Waals surface area contributed by atoms with E-state index in [9.17, 15) is 18.0 Å². The molecule has 0 amide bonds. The van der Waals surface area contributed by atoms with Gasteiger partial charge < -0.3 is 9.47 Å². The average molecular weight is 408 g/mol. The second-order valence-corrected chi connectivity index (χ2v) is 8.29. The largest absolute Gasteiger partial charge is 0.465 e. The lowest BCUT2D eigenvalue weighted by molar-refractivity contribution is -0.149. The van der Waals surface area contributed by atoms with Gasteiger partial charge in [0.1, 0.15) is 0 Å². The van der Waals surface area contributed by atoms with Crippen LogP contribution in [0.5, 0.6) is 0 Å². The zero-order chi connectivity index (χ0) is 20.6. The van der Waals surface area contributed by atoms with Gasteiger partial charge in [0.2, 0.25) is 10.0 Å². The van der Waals surface area contributed by atoms with Crippen molar-refractivity contribution in [3.63, 3.8) is 0 Å². The second-order valence-electron chi connectivity index (χ2n) is 6.35. The highest BCUT2D eigenvalue weighted by Gasteiger charge is 2.32. The minimum atomic E-state index is -3.70. The minimum Gasteiger partial charge on any atom is -0.465 e. The van der Waals surface area contributed by atoms with E-state index in [1.54, 1.807) is 6.92 Å². The van der Waals surface area contributed by atoms with Crippen LogP contribution in [-0.2, 0) is 24.3 Å². The summed E-state index contributed by atoms with van der Waals surface area (Å²) in [7, 11) is -3.70. The Bertz CT molecular complexity index is 821. The van der Waals surface area contributed by atoms with Gasteiger partial charge in [0.05, 0.1) is 35.7 Å². The molecule has 1 aromatic rings. The molecule has 1 aromatic carbocycles. The first kappa shape index (κ1) is 21.9. The number of unbranched alkanes of at least 4 members (excludes halogenated alkanes) is 1. The quantitative estimate of drug-likeness (QED) is 0.478. The molecular weight excluding hydrogens is 384 g/mol. The Balaban J connectivity index is 1.93. The second kappa shape index (κ2) is 10.2. The van der Waals surface area contributed by atoms with E-state index in [4.69, 9.17) is 14.7 Å². The molecule has 8 nitrogen and oxygen atoms in total. The third-order valence-electron chi connectivity index (χ3n) is 4.47. The van der Waals surface area contributed by atoms with Crippen molar-refractivity contribution in [2.75, 3.05) is 26.3 Å². The normalized spacial score (nSPS) is 15.6. The zero-order valence-electron chi connectivity index (χ0n) is 15.8. The van der Waals surface area contributed by atoms with Crippen LogP contribution in [-0.4, -0.2) is 51.0 Å². The molecule has 0 spiro atoms. The summed E-state index contributed by atoms with van der Waals surface area (Å²) in [6.45, 7) is 2.59. The molecule has 9 heteroatoms. The highest BCUT2D eigenvalue weighted by Crippen LogP contribution is 2.25. The van der Waals surface area contributed by atoms with Gasteiger partial charge in [-0.1, -0.05) is 0 Å². The summed E-state index contributed by atoms with van der Waals surface area (Å²) >= 11 is 0. The summed E-state index contributed by atoms with van der Waals surface area (Å²) in [6, 6.07) is 7.61. The van der Waals surface area contributed by atoms with E-state index in [2.05, 4.69) is 0 Å². The fourth-order valence-corrected chi connectivity index (χ4v) is 4.37. The Labute approximate surface area is 165 Å². The van der Waals surface area contributed by atoms with Crippen LogP contribution < -0.4 is 0 Å². The van der Waals surface area contributed by atoms with Crippen LogP contribution in [0.25, 0.3) is 0 Å². The van der Waals surface area contributed by atoms with Gasteiger partial charge in [0.15, 0.2) is 0 Å². The molecule has 0 bridgehead atoms. The number of sulfonamides is 1. The molecule has 0 unspecified atom stereocenters. The first-order chi connectivity index (χ1) is 13.4. The first-order valence-corrected chi connectivity index (χ1v) is 10.6. The number of esters is 2. The highest BCUT2D eigenvalue weighted by molar-refractivity contribution is 7.89. The molecule has 28 heavy (non-hydrogen) atoms. The molecule has 1 saturated heterocycles. The molecule has 0 N–H and O–H groups in total. The topological polar surface area (TPSA) is 114 Å². The van der Waals surface area contributed by atoms with Crippen LogP contribution in [0.4, 0.5) is 0 Å². The lowest BCUT2D eigenvalue weighted by Crippen LogP contribution is -2.40. The SMILES string of the molecule is CCOC(=O)c1ccc(S(=O)(=O)N2CCC(C(=O)OCCCC#N)CC2)cc1. The van der Waals surface area contributed by atoms with Gasteiger partial charge in [-0.15, -0.1) is 0 Å². The van der Waals surface area contributed by atoms with Crippen LogP contribution in [0.2, 0.25) is 0 Å². The van der Waals surface area contributed by atoms with Crippen molar-refractivity contribution >= 4 is 22.0 Å². The van der Waals surface area contributed by atoms with E-state index >= 15 is 0 Å². The van der Waals surface area contributed by atoms with Crippen LogP contribution in [0.15, 0.2) is 29.2 Å². The fourth-order valence-electron chi connectivity index (χ4n) is 2.90. The summed E-state index contributed by atoms with van der Waals surface area (Å²) in [5, 5.41) is 8.47. The molecule has 0 radical (unpaired) electrons. The monoisotopic (exact) mass is 408 g/mol. The number of hydrogen-bond donors (Lipinski definition) is 0. The summed E-state index contributed by atoms with van der Waals surface area (Å²) in [5.41, 5.74) is 0.290. The molecule has 0 aliphatic carbocycles. The molecule has 0 aromatic heterocycles. The van der Waals surface area contributed by atoms with E-state index < -0.39 is 16.0 Å². The van der Waals surface area contributed by atoms with Crippen molar-refractivity contribution in [2.24, 2.45) is 5.92 Å². The van der Waals surface area contributed by atoms with Crippen LogP contribution in [0.3, 0.4) is 0 Å². The molecule has 2 rings (SSSR count). The summed E-state index contributed by atoms with van der Waals surface area (Å²) in [6.07, 6.45) is 1.60. The van der Waals surface area contributed by atoms with Gasteiger partial charge in [0.25, 0.3) is 0 Å². The maximum Gasteiger partial charge on any atom is 0.338 e. The lowest BCUT2D eigenvalue weighted by Gasteiger charge is -2.30. The maximum atomic E-state index is 12.8. The highest BCUT2D eigenvalue weighted by atomic mass is 32.2. The molecule has 1 heterocycles. The zero-order valence-corrected chi connectivity index (χ0v) is 16.6. The van der Waals surface area contributed by atoms with Crippen LogP contribution in [0, 0.1) is 17.2 Å². The number of hydrogen-bond acceptors (Lipinski definition) is 7. The van der Waals surface area contributed by atoms with Gasteiger partial charge in [-0.2, -0.15) is 9.57 Å². The lowest BCUT2D eigenvalue weighted by atomic mass is 9.98. The van der Waals surface area contributed by atoms with E-state index in [0.717, 1.165) is 0 Å². The van der Waals surface area contributed by atoms with Gasteiger partial charge in [0, 0.05) is 19.5 Å². The fraction of sp³-hybridized carbons (Fsp3) is 0.526. The van der Waals surface area contributed by atoms with Gasteiger partial charge in [-0.3, -0.25) is 4.79 Å². The van der Waals surface area contributed by atoms with Crippen molar-refractivity contribution in [2.45, 2.75) is 37.5 Å². The number of carbonyl (C=O) groups excluding carboxylic acids is 2. The molecule has 152 valence electrons. The number of carbonyl (C=O) groups is 2. The number of ether oxygens (including phenoxy) is 2. The molecule has 0 saturated carbocycles. The first-order valence-electron chi connectivity index (χ1n) is 9.21. The van der Waals surface area contributed by atoms with E-state index in [1.165, 1.54) is 28.6 Å². The summed E-state index contributed by atoms with van der Waals surface area (Å²) in [4.78, 5) is 23.8. The number of nitriles is 1.